The molecule has 0 fully saturated rings. The second-order valence-corrected chi connectivity index (χ2v) is 8.13. The molecule has 7 nitrogen and oxygen atoms in total. The van der Waals surface area contributed by atoms with Crippen LogP contribution in [0.15, 0.2) is 67.3 Å². The Hall–Kier alpha value is -3.45. The van der Waals surface area contributed by atoms with Crippen LogP contribution in [0, 0.1) is 0 Å². The van der Waals surface area contributed by atoms with Crippen LogP contribution < -0.4 is 0 Å². The Morgan fingerprint density at radius 1 is 1.03 bits per heavy atom. The number of carbonyl (C=O) groups excluding carboxylic acids is 3. The number of fused-ring (bicyclic) bond motifs is 1. The SMILES string of the molecule is C=C[C@H](CN1C(=O)c2ccccc2C1=O)N(OCc1ccccc1)C(=O)OC(C)(C)C. The average Bonchev–Trinajstić information content (AvgIpc) is 2.97. The smallest absolute Gasteiger partial charge is 0.435 e. The van der Waals surface area contributed by atoms with E-state index in [-0.39, 0.29) is 13.2 Å². The van der Waals surface area contributed by atoms with Crippen molar-refractivity contribution in [3.05, 3.63) is 83.9 Å². The number of imide groups is 1. The van der Waals surface area contributed by atoms with Gasteiger partial charge in [0.2, 0.25) is 0 Å². The molecule has 1 aliphatic rings. The second-order valence-electron chi connectivity index (χ2n) is 8.13. The summed E-state index contributed by atoms with van der Waals surface area (Å²) < 4.78 is 5.48. The highest BCUT2D eigenvalue weighted by Gasteiger charge is 2.38. The van der Waals surface area contributed by atoms with E-state index >= 15 is 0 Å². The Morgan fingerprint density at radius 3 is 2.10 bits per heavy atom. The molecule has 2 aromatic rings. The van der Waals surface area contributed by atoms with E-state index in [9.17, 15) is 14.4 Å². The quantitative estimate of drug-likeness (QED) is 0.380. The van der Waals surface area contributed by atoms with Crippen molar-refractivity contribution in [1.29, 1.82) is 0 Å². The Morgan fingerprint density at radius 2 is 1.58 bits per heavy atom. The van der Waals surface area contributed by atoms with Crippen molar-refractivity contribution in [3.63, 3.8) is 0 Å². The van der Waals surface area contributed by atoms with E-state index in [1.165, 1.54) is 6.08 Å². The van der Waals surface area contributed by atoms with Crippen LogP contribution in [0.5, 0.6) is 0 Å². The monoisotopic (exact) mass is 422 g/mol. The number of hydrogen-bond donors (Lipinski definition) is 0. The second kappa shape index (κ2) is 9.14. The molecule has 2 aromatic carbocycles. The first-order chi connectivity index (χ1) is 14.7. The minimum absolute atomic E-state index is 0.104. The van der Waals surface area contributed by atoms with Crippen molar-refractivity contribution < 1.29 is 24.0 Å². The number of carbonyl (C=O) groups is 3. The Labute approximate surface area is 181 Å². The number of nitrogens with zero attached hydrogens (tertiary/aromatic N) is 2. The maximum absolute atomic E-state index is 12.9. The highest BCUT2D eigenvalue weighted by Crippen LogP contribution is 2.24. The lowest BCUT2D eigenvalue weighted by atomic mass is 10.1. The third kappa shape index (κ3) is 5.19. The zero-order valence-corrected chi connectivity index (χ0v) is 17.9. The van der Waals surface area contributed by atoms with E-state index in [4.69, 9.17) is 9.57 Å². The van der Waals surface area contributed by atoms with E-state index in [0.717, 1.165) is 15.5 Å². The topological polar surface area (TPSA) is 76.2 Å². The molecule has 1 atom stereocenters. The maximum Gasteiger partial charge on any atom is 0.435 e. The molecule has 0 saturated carbocycles. The molecule has 3 amide bonds. The van der Waals surface area contributed by atoms with Crippen LogP contribution in [0.25, 0.3) is 0 Å². The number of benzene rings is 2. The maximum atomic E-state index is 12.9. The van der Waals surface area contributed by atoms with Crippen molar-refractivity contribution in [3.8, 4) is 0 Å². The molecule has 0 N–H and O–H groups in total. The predicted octanol–water partition coefficient (Wildman–Crippen LogP) is 4.21. The van der Waals surface area contributed by atoms with E-state index < -0.39 is 29.6 Å². The van der Waals surface area contributed by atoms with Crippen molar-refractivity contribution in [2.24, 2.45) is 0 Å². The third-order valence-electron chi connectivity index (χ3n) is 4.61. The van der Waals surface area contributed by atoms with Crippen LogP contribution in [0.4, 0.5) is 4.79 Å². The summed E-state index contributed by atoms with van der Waals surface area (Å²) in [7, 11) is 0. The number of rotatable bonds is 7. The Kier molecular flexibility index (Phi) is 6.56. The van der Waals surface area contributed by atoms with Gasteiger partial charge in [-0.2, -0.15) is 5.06 Å². The first-order valence-corrected chi connectivity index (χ1v) is 9.98. The van der Waals surface area contributed by atoms with Gasteiger partial charge in [0.05, 0.1) is 23.7 Å². The molecular weight excluding hydrogens is 396 g/mol. The van der Waals surface area contributed by atoms with Crippen LogP contribution in [0.3, 0.4) is 0 Å². The molecule has 0 aromatic heterocycles. The number of amides is 3. The largest absolute Gasteiger partial charge is 0.442 e. The fraction of sp³-hybridized carbons (Fsp3) is 0.292. The van der Waals surface area contributed by atoms with Crippen molar-refractivity contribution in [2.45, 2.75) is 39.0 Å². The van der Waals surface area contributed by atoms with Crippen LogP contribution in [0.1, 0.15) is 47.1 Å². The van der Waals surface area contributed by atoms with Crippen LogP contribution in [0.2, 0.25) is 0 Å². The van der Waals surface area contributed by atoms with Crippen molar-refractivity contribution in [1.82, 2.24) is 9.96 Å². The normalized spacial score (nSPS) is 14.2. The van der Waals surface area contributed by atoms with Gasteiger partial charge in [0.1, 0.15) is 12.2 Å². The molecule has 0 spiro atoms. The minimum atomic E-state index is -0.805. The third-order valence-corrected chi connectivity index (χ3v) is 4.61. The molecule has 0 radical (unpaired) electrons. The van der Waals surface area contributed by atoms with Gasteiger partial charge in [0, 0.05) is 0 Å². The van der Waals surface area contributed by atoms with Crippen LogP contribution >= 0.6 is 0 Å². The number of hydroxylamine groups is 2. The first-order valence-electron chi connectivity index (χ1n) is 9.98. The lowest BCUT2D eigenvalue weighted by Gasteiger charge is -2.32. The summed E-state index contributed by atoms with van der Waals surface area (Å²) in [6.45, 7) is 9.01. The average molecular weight is 422 g/mol. The number of hydrogen-bond acceptors (Lipinski definition) is 5. The van der Waals surface area contributed by atoms with E-state index in [0.29, 0.717) is 11.1 Å². The van der Waals surface area contributed by atoms with E-state index in [1.54, 1.807) is 45.0 Å². The fourth-order valence-corrected chi connectivity index (χ4v) is 3.15. The summed E-state index contributed by atoms with van der Waals surface area (Å²) in [5.41, 5.74) is 0.764. The zero-order chi connectivity index (χ0) is 22.6. The lowest BCUT2D eigenvalue weighted by molar-refractivity contribution is -0.171. The Balaban J connectivity index is 1.82. The molecule has 1 heterocycles. The summed E-state index contributed by atoms with van der Waals surface area (Å²) in [4.78, 5) is 45.3. The van der Waals surface area contributed by atoms with Gasteiger partial charge in [0.25, 0.3) is 11.8 Å². The van der Waals surface area contributed by atoms with Gasteiger partial charge in [0.15, 0.2) is 0 Å². The summed E-state index contributed by atoms with van der Waals surface area (Å²) in [5.74, 6) is -0.834. The van der Waals surface area contributed by atoms with Gasteiger partial charge in [-0.25, -0.2) is 4.79 Å². The van der Waals surface area contributed by atoms with Crippen LogP contribution in [-0.2, 0) is 16.2 Å². The standard InChI is InChI=1S/C24H26N2O5/c1-5-18(15-25-21(27)19-13-9-10-14-20(19)22(25)28)26(23(29)31-24(2,3)4)30-16-17-11-7-6-8-12-17/h5-14,18H,1,15-16H2,2-4H3/t18-/m1/s1. The molecule has 162 valence electrons. The molecule has 0 bridgehead atoms. The summed E-state index contributed by atoms with van der Waals surface area (Å²) in [6, 6.07) is 15.1. The van der Waals surface area contributed by atoms with Gasteiger partial charge >= 0.3 is 6.09 Å². The van der Waals surface area contributed by atoms with Gasteiger partial charge in [-0.05, 0) is 38.5 Å². The van der Waals surface area contributed by atoms with E-state index in [2.05, 4.69) is 6.58 Å². The van der Waals surface area contributed by atoms with Gasteiger partial charge in [-0.1, -0.05) is 48.5 Å². The van der Waals surface area contributed by atoms with Gasteiger partial charge < -0.3 is 4.74 Å². The predicted molar refractivity (Wildman–Crippen MR) is 115 cm³/mol. The zero-order valence-electron chi connectivity index (χ0n) is 17.9. The van der Waals surface area contributed by atoms with Crippen molar-refractivity contribution >= 4 is 17.9 Å². The molecule has 7 heteroatoms. The molecule has 0 saturated heterocycles. The lowest BCUT2D eigenvalue weighted by Crippen LogP contribution is -2.48. The summed E-state index contributed by atoms with van der Waals surface area (Å²) in [5, 5.41) is 1.04. The van der Waals surface area contributed by atoms with Crippen molar-refractivity contribution in [2.75, 3.05) is 6.54 Å². The highest BCUT2D eigenvalue weighted by atomic mass is 16.7. The molecule has 3 rings (SSSR count). The van der Waals surface area contributed by atoms with Crippen LogP contribution in [-0.4, -0.2) is 46.1 Å². The molecule has 31 heavy (non-hydrogen) atoms. The highest BCUT2D eigenvalue weighted by molar-refractivity contribution is 6.21. The fourth-order valence-electron chi connectivity index (χ4n) is 3.15. The molecule has 0 unspecified atom stereocenters. The summed E-state index contributed by atoms with van der Waals surface area (Å²) in [6.07, 6.45) is 0.725. The molecular formula is C24H26N2O5. The van der Waals surface area contributed by atoms with Gasteiger partial charge in [-0.3, -0.25) is 19.3 Å². The number of ether oxygens (including phenoxy) is 1. The first kappa shape index (κ1) is 22.2. The van der Waals surface area contributed by atoms with E-state index in [1.807, 2.05) is 30.3 Å². The molecule has 1 aliphatic heterocycles. The molecule has 0 aliphatic carbocycles. The Bertz CT molecular complexity index is 946. The van der Waals surface area contributed by atoms with Gasteiger partial charge in [-0.15, -0.1) is 6.58 Å². The summed E-state index contributed by atoms with van der Waals surface area (Å²) >= 11 is 0. The minimum Gasteiger partial charge on any atom is -0.442 e.